The largest absolute Gasteiger partial charge is 0.344 e. The minimum absolute atomic E-state index is 1.22. The Hall–Kier alpha value is -1.50. The number of fused-ring (bicyclic) bond motifs is 5. The molecule has 1 aliphatic carbocycles. The first-order valence-corrected chi connectivity index (χ1v) is 6.23. The molecule has 0 N–H and O–H groups in total. The summed E-state index contributed by atoms with van der Waals surface area (Å²) in [5, 5.41) is 0. The van der Waals surface area contributed by atoms with E-state index in [1.807, 2.05) is 0 Å². The third-order valence-electron chi connectivity index (χ3n) is 4.07. The molecule has 1 aromatic carbocycles. The summed E-state index contributed by atoms with van der Waals surface area (Å²) >= 11 is 0. The van der Waals surface area contributed by atoms with Gasteiger partial charge in [-0.05, 0) is 42.4 Å². The van der Waals surface area contributed by atoms with Crippen LogP contribution < -0.4 is 0 Å². The van der Waals surface area contributed by atoms with Crippen LogP contribution in [-0.2, 0) is 25.8 Å². The molecule has 0 saturated heterocycles. The highest BCUT2D eigenvalue weighted by molar-refractivity contribution is 5.70. The summed E-state index contributed by atoms with van der Waals surface area (Å²) in [5.41, 5.74) is 7.90. The van der Waals surface area contributed by atoms with Gasteiger partial charge in [0.2, 0.25) is 0 Å². The summed E-state index contributed by atoms with van der Waals surface area (Å²) in [5.74, 6) is 0. The highest BCUT2D eigenvalue weighted by atomic mass is 15.0. The first kappa shape index (κ1) is 8.63. The van der Waals surface area contributed by atoms with Crippen molar-refractivity contribution in [3.05, 3.63) is 47.2 Å². The van der Waals surface area contributed by atoms with E-state index >= 15 is 0 Å². The summed E-state index contributed by atoms with van der Waals surface area (Å²) in [4.78, 5) is 0. The molecule has 0 amide bonds. The predicted molar refractivity (Wildman–Crippen MR) is 65.6 cm³/mol. The van der Waals surface area contributed by atoms with Gasteiger partial charge in [-0.3, -0.25) is 0 Å². The Balaban J connectivity index is 1.99. The van der Waals surface area contributed by atoms with Gasteiger partial charge in [-0.2, -0.15) is 0 Å². The van der Waals surface area contributed by atoms with E-state index < -0.39 is 0 Å². The third kappa shape index (κ3) is 0.960. The van der Waals surface area contributed by atoms with Gasteiger partial charge in [0, 0.05) is 12.2 Å². The molecule has 2 aromatic rings. The lowest BCUT2D eigenvalue weighted by atomic mass is 10.0. The minimum Gasteiger partial charge on any atom is -0.344 e. The van der Waals surface area contributed by atoms with Crippen molar-refractivity contribution in [3.8, 4) is 11.3 Å². The van der Waals surface area contributed by atoms with Gasteiger partial charge in [-0.1, -0.05) is 30.3 Å². The Kier molecular flexibility index (Phi) is 1.62. The van der Waals surface area contributed by atoms with Gasteiger partial charge in [0.1, 0.15) is 0 Å². The Morgan fingerprint density at radius 1 is 0.875 bits per heavy atom. The first-order valence-electron chi connectivity index (χ1n) is 6.23. The Bertz CT molecular complexity index is 519. The SMILES string of the molecule is c1ccc(-c2c3c4c(n2CC3)CCC4)cc1. The van der Waals surface area contributed by atoms with Crippen molar-refractivity contribution in [3.63, 3.8) is 0 Å². The summed E-state index contributed by atoms with van der Waals surface area (Å²) in [6.07, 6.45) is 5.25. The minimum atomic E-state index is 1.22. The van der Waals surface area contributed by atoms with E-state index in [2.05, 4.69) is 34.9 Å². The quantitative estimate of drug-likeness (QED) is 0.679. The zero-order valence-electron chi connectivity index (χ0n) is 9.37. The number of hydrogen-bond acceptors (Lipinski definition) is 0. The van der Waals surface area contributed by atoms with Crippen LogP contribution in [0.3, 0.4) is 0 Å². The highest BCUT2D eigenvalue weighted by Crippen LogP contribution is 2.41. The molecule has 0 unspecified atom stereocenters. The monoisotopic (exact) mass is 209 g/mol. The average molecular weight is 209 g/mol. The van der Waals surface area contributed by atoms with Gasteiger partial charge in [0.15, 0.2) is 0 Å². The van der Waals surface area contributed by atoms with Crippen molar-refractivity contribution in [2.75, 3.05) is 0 Å². The standard InChI is InChI=1S/C15H15N/c1-2-5-11(6-3-1)15-13-9-10-16(15)14-8-4-7-12(13)14/h1-3,5-6H,4,7-10H2. The van der Waals surface area contributed by atoms with Crippen molar-refractivity contribution in [1.29, 1.82) is 0 Å². The van der Waals surface area contributed by atoms with Gasteiger partial charge in [0.05, 0.1) is 5.69 Å². The second kappa shape index (κ2) is 3.00. The number of rotatable bonds is 1. The second-order valence-electron chi connectivity index (χ2n) is 4.87. The maximum absolute atomic E-state index is 2.58. The third-order valence-corrected chi connectivity index (χ3v) is 4.07. The molecule has 0 radical (unpaired) electrons. The lowest BCUT2D eigenvalue weighted by Gasteiger charge is -2.07. The molecule has 2 aliphatic rings. The molecule has 4 rings (SSSR count). The normalized spacial score (nSPS) is 16.8. The van der Waals surface area contributed by atoms with Gasteiger partial charge >= 0.3 is 0 Å². The Labute approximate surface area is 95.7 Å². The topological polar surface area (TPSA) is 4.93 Å². The number of aromatic nitrogens is 1. The summed E-state index contributed by atoms with van der Waals surface area (Å²) in [6, 6.07) is 10.9. The molecule has 0 spiro atoms. The summed E-state index contributed by atoms with van der Waals surface area (Å²) in [7, 11) is 0. The van der Waals surface area contributed by atoms with Gasteiger partial charge < -0.3 is 4.57 Å². The van der Waals surface area contributed by atoms with E-state index in [0.717, 1.165) is 0 Å². The Morgan fingerprint density at radius 3 is 2.56 bits per heavy atom. The van der Waals surface area contributed by atoms with E-state index in [1.54, 1.807) is 16.8 Å². The fraction of sp³-hybridized carbons (Fsp3) is 0.333. The van der Waals surface area contributed by atoms with E-state index in [4.69, 9.17) is 0 Å². The maximum atomic E-state index is 2.58. The van der Waals surface area contributed by atoms with Crippen LogP contribution in [0.15, 0.2) is 30.3 Å². The lowest BCUT2D eigenvalue weighted by molar-refractivity contribution is 0.701. The van der Waals surface area contributed by atoms with Crippen molar-refractivity contribution in [1.82, 2.24) is 4.57 Å². The number of hydrogen-bond donors (Lipinski definition) is 0. The Morgan fingerprint density at radius 2 is 1.75 bits per heavy atom. The molecule has 1 aliphatic heterocycles. The molecule has 16 heavy (non-hydrogen) atoms. The van der Waals surface area contributed by atoms with Crippen LogP contribution in [-0.4, -0.2) is 4.57 Å². The van der Waals surface area contributed by atoms with Crippen molar-refractivity contribution >= 4 is 0 Å². The summed E-state index contributed by atoms with van der Waals surface area (Å²) < 4.78 is 2.58. The molecule has 1 heteroatoms. The molecule has 2 bridgehead atoms. The van der Waals surface area contributed by atoms with Crippen LogP contribution in [0.1, 0.15) is 23.2 Å². The fourth-order valence-corrected chi connectivity index (χ4v) is 3.46. The van der Waals surface area contributed by atoms with E-state index in [0.29, 0.717) is 0 Å². The molecule has 0 saturated carbocycles. The van der Waals surface area contributed by atoms with Gasteiger partial charge in [0.25, 0.3) is 0 Å². The van der Waals surface area contributed by atoms with E-state index in [9.17, 15) is 0 Å². The molecule has 1 nitrogen and oxygen atoms in total. The van der Waals surface area contributed by atoms with E-state index in [-0.39, 0.29) is 0 Å². The second-order valence-corrected chi connectivity index (χ2v) is 4.87. The van der Waals surface area contributed by atoms with Crippen LogP contribution in [0.2, 0.25) is 0 Å². The van der Waals surface area contributed by atoms with Crippen molar-refractivity contribution < 1.29 is 0 Å². The fourth-order valence-electron chi connectivity index (χ4n) is 3.46. The van der Waals surface area contributed by atoms with Gasteiger partial charge in [-0.15, -0.1) is 0 Å². The molecule has 2 heterocycles. The molecule has 0 fully saturated rings. The van der Waals surface area contributed by atoms with Crippen LogP contribution >= 0.6 is 0 Å². The zero-order chi connectivity index (χ0) is 10.5. The van der Waals surface area contributed by atoms with Crippen molar-refractivity contribution in [2.24, 2.45) is 0 Å². The smallest absolute Gasteiger partial charge is 0.0518 e. The lowest BCUT2D eigenvalue weighted by Crippen LogP contribution is -2.03. The van der Waals surface area contributed by atoms with Gasteiger partial charge in [-0.25, -0.2) is 0 Å². The number of nitrogens with zero attached hydrogens (tertiary/aromatic N) is 1. The van der Waals surface area contributed by atoms with Crippen LogP contribution in [0.4, 0.5) is 0 Å². The van der Waals surface area contributed by atoms with Crippen LogP contribution in [0.5, 0.6) is 0 Å². The first-order chi connectivity index (χ1) is 7.95. The number of benzene rings is 1. The maximum Gasteiger partial charge on any atom is 0.0518 e. The summed E-state index contributed by atoms with van der Waals surface area (Å²) in [6.45, 7) is 1.22. The molecule has 1 aromatic heterocycles. The van der Waals surface area contributed by atoms with Crippen LogP contribution in [0.25, 0.3) is 11.3 Å². The van der Waals surface area contributed by atoms with Crippen LogP contribution in [0, 0.1) is 0 Å². The van der Waals surface area contributed by atoms with Crippen molar-refractivity contribution in [2.45, 2.75) is 32.2 Å². The predicted octanol–water partition coefficient (Wildman–Crippen LogP) is 3.20. The highest BCUT2D eigenvalue weighted by Gasteiger charge is 2.30. The molecule has 0 atom stereocenters. The molecular formula is C15H15N. The van der Waals surface area contributed by atoms with E-state index in [1.165, 1.54) is 43.5 Å². The average Bonchev–Trinajstić information content (AvgIpc) is 3.02. The molecule has 80 valence electrons. The molecular weight excluding hydrogens is 194 g/mol. The zero-order valence-corrected chi connectivity index (χ0v) is 9.37.